The molecular weight excluding hydrogens is 276 g/mol. The van der Waals surface area contributed by atoms with Crippen molar-refractivity contribution in [3.63, 3.8) is 0 Å². The number of benzene rings is 1. The molecule has 0 aliphatic heterocycles. The molecule has 2 heterocycles. The number of fused-ring (bicyclic) bond motifs is 1. The molecule has 2 aromatic heterocycles. The molecule has 0 fully saturated rings. The summed E-state index contributed by atoms with van der Waals surface area (Å²) >= 11 is 6.13. The minimum Gasteiger partial charge on any atom is -0.348 e. The van der Waals surface area contributed by atoms with Crippen molar-refractivity contribution in [2.45, 2.75) is 13.0 Å². The van der Waals surface area contributed by atoms with Gasteiger partial charge in [0.2, 0.25) is 0 Å². The van der Waals surface area contributed by atoms with Crippen LogP contribution in [0.25, 0.3) is 16.7 Å². The number of hydrogen-bond acceptors (Lipinski definition) is 3. The summed E-state index contributed by atoms with van der Waals surface area (Å²) in [6.45, 7) is 1.79. The lowest BCUT2D eigenvalue weighted by atomic mass is 10.2. The average Bonchev–Trinajstić information content (AvgIpc) is 2.91. The van der Waals surface area contributed by atoms with E-state index in [1.54, 1.807) is 37.4 Å². The maximum atomic E-state index is 12.7. The van der Waals surface area contributed by atoms with Gasteiger partial charge in [-0.1, -0.05) is 17.7 Å². The molecule has 0 aliphatic carbocycles. The Hall–Kier alpha value is -2.11. The third kappa shape index (κ3) is 1.92. The predicted molar refractivity (Wildman–Crippen MR) is 79.3 cm³/mol. The Bertz CT molecular complexity index is 821. The highest BCUT2D eigenvalue weighted by Crippen LogP contribution is 2.21. The van der Waals surface area contributed by atoms with E-state index in [1.807, 2.05) is 6.07 Å². The molecule has 0 saturated carbocycles. The number of hydrogen-bond donors (Lipinski definition) is 2. The fraction of sp³-hybridized carbons (Fsp3) is 0.143. The number of rotatable bonds is 2. The van der Waals surface area contributed by atoms with Crippen LogP contribution in [0.2, 0.25) is 5.02 Å². The molecule has 3 N–H and O–H groups in total. The van der Waals surface area contributed by atoms with E-state index in [-0.39, 0.29) is 11.6 Å². The summed E-state index contributed by atoms with van der Waals surface area (Å²) in [4.78, 5) is 20.2. The summed E-state index contributed by atoms with van der Waals surface area (Å²) < 4.78 is 1.47. The molecule has 0 radical (unpaired) electrons. The molecule has 1 aromatic carbocycles. The van der Waals surface area contributed by atoms with Gasteiger partial charge < -0.3 is 10.7 Å². The van der Waals surface area contributed by atoms with E-state index in [0.29, 0.717) is 27.6 Å². The third-order valence-corrected chi connectivity index (χ3v) is 3.42. The Kier molecular flexibility index (Phi) is 3.08. The molecule has 1 atom stereocenters. The van der Waals surface area contributed by atoms with Crippen molar-refractivity contribution < 1.29 is 0 Å². The standard InChI is InChI=1S/C14H13ClN4O/c1-8(16)13-18-10-5-2-4-9(15)12(10)14(20)19(13)11-6-3-7-17-11/h2-8,17H,16H2,1H3. The van der Waals surface area contributed by atoms with E-state index in [9.17, 15) is 4.79 Å². The zero-order chi connectivity index (χ0) is 14.3. The van der Waals surface area contributed by atoms with Crippen LogP contribution in [-0.4, -0.2) is 14.5 Å². The first-order chi connectivity index (χ1) is 9.59. The molecule has 0 spiro atoms. The Morgan fingerprint density at radius 2 is 2.15 bits per heavy atom. The maximum absolute atomic E-state index is 12.7. The topological polar surface area (TPSA) is 76.7 Å². The van der Waals surface area contributed by atoms with Gasteiger partial charge in [-0.2, -0.15) is 0 Å². The van der Waals surface area contributed by atoms with Crippen LogP contribution in [0.4, 0.5) is 0 Å². The molecule has 3 aromatic rings. The molecule has 20 heavy (non-hydrogen) atoms. The SMILES string of the molecule is CC(N)c1nc2cccc(Cl)c2c(=O)n1-c1ccc[nH]1. The van der Waals surface area contributed by atoms with E-state index in [1.165, 1.54) is 4.57 Å². The minimum atomic E-state index is -0.380. The summed E-state index contributed by atoms with van der Waals surface area (Å²) in [6, 6.07) is 8.42. The van der Waals surface area contributed by atoms with E-state index in [2.05, 4.69) is 9.97 Å². The van der Waals surface area contributed by atoms with Crippen molar-refractivity contribution in [2.75, 3.05) is 0 Å². The molecule has 0 amide bonds. The maximum Gasteiger partial charge on any atom is 0.268 e. The number of nitrogens with two attached hydrogens (primary N) is 1. The number of aromatic nitrogens is 3. The average molecular weight is 289 g/mol. The molecule has 3 rings (SSSR count). The third-order valence-electron chi connectivity index (χ3n) is 3.10. The number of halogens is 1. The first-order valence-electron chi connectivity index (χ1n) is 6.20. The van der Waals surface area contributed by atoms with Crippen molar-refractivity contribution in [3.05, 3.63) is 57.7 Å². The van der Waals surface area contributed by atoms with Crippen LogP contribution in [0.1, 0.15) is 18.8 Å². The monoisotopic (exact) mass is 288 g/mol. The molecule has 5 nitrogen and oxygen atoms in total. The van der Waals surface area contributed by atoms with E-state index in [4.69, 9.17) is 17.3 Å². The van der Waals surface area contributed by atoms with Crippen molar-refractivity contribution in [2.24, 2.45) is 5.73 Å². The molecule has 6 heteroatoms. The number of aromatic amines is 1. The number of nitrogens with zero attached hydrogens (tertiary/aromatic N) is 2. The molecule has 1 unspecified atom stereocenters. The second kappa shape index (κ2) is 4.77. The summed E-state index contributed by atoms with van der Waals surface area (Å²) in [5, 5.41) is 0.782. The minimum absolute atomic E-state index is 0.227. The van der Waals surface area contributed by atoms with Gasteiger partial charge in [0.05, 0.1) is 22.0 Å². The van der Waals surface area contributed by atoms with Gasteiger partial charge in [0.1, 0.15) is 11.6 Å². The highest BCUT2D eigenvalue weighted by molar-refractivity contribution is 6.35. The van der Waals surface area contributed by atoms with Crippen LogP contribution in [0, 0.1) is 0 Å². The van der Waals surface area contributed by atoms with Crippen molar-refractivity contribution in [1.29, 1.82) is 0 Å². The second-order valence-corrected chi connectivity index (χ2v) is 5.00. The Balaban J connectivity index is 2.48. The fourth-order valence-electron chi connectivity index (χ4n) is 2.21. The van der Waals surface area contributed by atoms with Gasteiger partial charge in [0, 0.05) is 6.20 Å². The largest absolute Gasteiger partial charge is 0.348 e. The lowest BCUT2D eigenvalue weighted by Crippen LogP contribution is -2.27. The predicted octanol–water partition coefficient (Wildman–Crippen LogP) is 2.39. The van der Waals surface area contributed by atoms with Crippen LogP contribution in [0.5, 0.6) is 0 Å². The first-order valence-corrected chi connectivity index (χ1v) is 6.58. The first kappa shape index (κ1) is 12.9. The second-order valence-electron chi connectivity index (χ2n) is 4.59. The highest BCUT2D eigenvalue weighted by atomic mass is 35.5. The van der Waals surface area contributed by atoms with Gasteiger partial charge in [-0.05, 0) is 31.2 Å². The Morgan fingerprint density at radius 3 is 2.80 bits per heavy atom. The van der Waals surface area contributed by atoms with E-state index >= 15 is 0 Å². The van der Waals surface area contributed by atoms with Crippen molar-refractivity contribution in [3.8, 4) is 5.82 Å². The van der Waals surface area contributed by atoms with Gasteiger partial charge in [-0.25, -0.2) is 9.55 Å². The van der Waals surface area contributed by atoms with Crippen LogP contribution in [0.3, 0.4) is 0 Å². The zero-order valence-corrected chi connectivity index (χ0v) is 11.6. The van der Waals surface area contributed by atoms with Crippen LogP contribution >= 0.6 is 11.6 Å². The van der Waals surface area contributed by atoms with E-state index in [0.717, 1.165) is 0 Å². The lowest BCUT2D eigenvalue weighted by molar-refractivity contribution is 0.690. The lowest BCUT2D eigenvalue weighted by Gasteiger charge is -2.14. The van der Waals surface area contributed by atoms with Crippen LogP contribution in [0.15, 0.2) is 41.3 Å². The van der Waals surface area contributed by atoms with Crippen LogP contribution < -0.4 is 11.3 Å². The molecular formula is C14H13ClN4O. The van der Waals surface area contributed by atoms with Crippen molar-refractivity contribution >= 4 is 22.5 Å². The molecule has 102 valence electrons. The van der Waals surface area contributed by atoms with Gasteiger partial charge in [-0.3, -0.25) is 4.79 Å². The van der Waals surface area contributed by atoms with Gasteiger partial charge in [0.15, 0.2) is 0 Å². The Morgan fingerprint density at radius 1 is 1.35 bits per heavy atom. The van der Waals surface area contributed by atoms with Gasteiger partial charge in [0.25, 0.3) is 5.56 Å². The van der Waals surface area contributed by atoms with Gasteiger partial charge >= 0.3 is 0 Å². The number of nitrogens with one attached hydrogen (secondary N) is 1. The zero-order valence-electron chi connectivity index (χ0n) is 10.8. The molecule has 0 saturated heterocycles. The quantitative estimate of drug-likeness (QED) is 0.760. The van der Waals surface area contributed by atoms with Crippen LogP contribution in [-0.2, 0) is 0 Å². The fourth-order valence-corrected chi connectivity index (χ4v) is 2.46. The normalized spacial score (nSPS) is 12.8. The van der Waals surface area contributed by atoms with Gasteiger partial charge in [-0.15, -0.1) is 0 Å². The number of H-pyrrole nitrogens is 1. The summed E-state index contributed by atoms with van der Waals surface area (Å²) in [5.41, 5.74) is 6.28. The summed E-state index contributed by atoms with van der Waals surface area (Å²) in [7, 11) is 0. The summed E-state index contributed by atoms with van der Waals surface area (Å²) in [5.74, 6) is 1.11. The smallest absolute Gasteiger partial charge is 0.268 e. The Labute approximate surface area is 120 Å². The molecule has 0 bridgehead atoms. The molecule has 0 aliphatic rings. The van der Waals surface area contributed by atoms with Crippen molar-refractivity contribution in [1.82, 2.24) is 14.5 Å². The summed E-state index contributed by atoms with van der Waals surface area (Å²) in [6.07, 6.45) is 1.74. The highest BCUT2D eigenvalue weighted by Gasteiger charge is 2.17. The van der Waals surface area contributed by atoms with E-state index < -0.39 is 0 Å².